The lowest BCUT2D eigenvalue weighted by molar-refractivity contribution is -0.385. The Morgan fingerprint density at radius 2 is 2.14 bits per heavy atom. The Bertz CT molecular complexity index is 606. The van der Waals surface area contributed by atoms with Crippen LogP contribution < -0.4 is 4.90 Å². The van der Waals surface area contributed by atoms with Gasteiger partial charge in [0.1, 0.15) is 0 Å². The van der Waals surface area contributed by atoms with Crippen LogP contribution in [0.25, 0.3) is 0 Å². The average Bonchev–Trinajstić information content (AvgIpc) is 2.48. The summed E-state index contributed by atoms with van der Waals surface area (Å²) in [5.41, 5.74) is 0.578. The van der Waals surface area contributed by atoms with Gasteiger partial charge in [-0.25, -0.2) is 4.39 Å². The summed E-state index contributed by atoms with van der Waals surface area (Å²) in [6.45, 7) is 6.91. The van der Waals surface area contributed by atoms with Gasteiger partial charge in [-0.05, 0) is 19.9 Å². The number of nitro groups is 1. The molecule has 22 heavy (non-hydrogen) atoms. The van der Waals surface area contributed by atoms with E-state index in [4.69, 9.17) is 0 Å². The minimum Gasteiger partial charge on any atom is -0.365 e. The lowest BCUT2D eigenvalue weighted by Gasteiger charge is -2.41. The minimum atomic E-state index is -0.597. The molecule has 1 amide bonds. The second-order valence-corrected chi connectivity index (χ2v) is 5.58. The van der Waals surface area contributed by atoms with Crippen LogP contribution in [0.2, 0.25) is 0 Å². The molecule has 6 nitrogen and oxygen atoms in total. The normalized spacial score (nSPS) is 18.5. The summed E-state index contributed by atoms with van der Waals surface area (Å²) in [5.74, 6) is -0.507. The lowest BCUT2D eigenvalue weighted by Crippen LogP contribution is -2.54. The van der Waals surface area contributed by atoms with Crippen LogP contribution in [0.5, 0.6) is 0 Å². The van der Waals surface area contributed by atoms with E-state index in [1.54, 1.807) is 11.8 Å². The maximum absolute atomic E-state index is 14.2. The topological polar surface area (TPSA) is 66.7 Å². The molecule has 0 saturated carbocycles. The third-order valence-corrected chi connectivity index (χ3v) is 4.05. The van der Waals surface area contributed by atoms with Crippen molar-refractivity contribution in [1.82, 2.24) is 4.90 Å². The number of nitrogens with zero attached hydrogens (tertiary/aromatic N) is 3. The van der Waals surface area contributed by atoms with Crippen LogP contribution in [0.1, 0.15) is 25.8 Å². The molecule has 0 bridgehead atoms. The number of rotatable bonds is 3. The van der Waals surface area contributed by atoms with Crippen molar-refractivity contribution in [1.29, 1.82) is 0 Å². The predicted octanol–water partition coefficient (Wildman–Crippen LogP) is 2.49. The number of aryl methyl sites for hydroxylation is 1. The summed E-state index contributed by atoms with van der Waals surface area (Å²) < 4.78 is 14.2. The maximum Gasteiger partial charge on any atom is 0.275 e. The van der Waals surface area contributed by atoms with Crippen LogP contribution in [0.4, 0.5) is 15.8 Å². The first-order valence-corrected chi connectivity index (χ1v) is 7.34. The van der Waals surface area contributed by atoms with Crippen LogP contribution in [-0.4, -0.2) is 41.4 Å². The smallest absolute Gasteiger partial charge is 0.275 e. The zero-order valence-corrected chi connectivity index (χ0v) is 13.0. The highest BCUT2D eigenvalue weighted by Crippen LogP contribution is 2.29. The molecule has 0 spiro atoms. The molecule has 1 aromatic carbocycles. The largest absolute Gasteiger partial charge is 0.365 e. The highest BCUT2D eigenvalue weighted by Gasteiger charge is 2.28. The van der Waals surface area contributed by atoms with Crippen molar-refractivity contribution in [3.63, 3.8) is 0 Å². The fourth-order valence-electron chi connectivity index (χ4n) is 2.84. The van der Waals surface area contributed by atoms with E-state index in [1.165, 1.54) is 6.07 Å². The Kier molecular flexibility index (Phi) is 4.63. The summed E-state index contributed by atoms with van der Waals surface area (Å²) in [5, 5.41) is 10.8. The predicted molar refractivity (Wildman–Crippen MR) is 81.5 cm³/mol. The Morgan fingerprint density at radius 1 is 1.45 bits per heavy atom. The first kappa shape index (κ1) is 16.2. The lowest BCUT2D eigenvalue weighted by atomic mass is 10.1. The Labute approximate surface area is 128 Å². The Balaban J connectivity index is 2.22. The molecule has 0 N–H and O–H groups in total. The first-order valence-electron chi connectivity index (χ1n) is 7.34. The third-order valence-electron chi connectivity index (χ3n) is 4.05. The molecule has 7 heteroatoms. The van der Waals surface area contributed by atoms with Crippen LogP contribution >= 0.6 is 0 Å². The fourth-order valence-corrected chi connectivity index (χ4v) is 2.84. The van der Waals surface area contributed by atoms with Crippen LogP contribution in [0, 0.1) is 22.9 Å². The number of hydrogen-bond acceptors (Lipinski definition) is 4. The van der Waals surface area contributed by atoms with Gasteiger partial charge in [-0.15, -0.1) is 0 Å². The van der Waals surface area contributed by atoms with Crippen molar-refractivity contribution < 1.29 is 14.1 Å². The minimum absolute atomic E-state index is 0.0175. The molecule has 0 radical (unpaired) electrons. The van der Waals surface area contributed by atoms with Gasteiger partial charge < -0.3 is 9.80 Å². The van der Waals surface area contributed by atoms with Crippen LogP contribution in [-0.2, 0) is 4.79 Å². The number of amides is 1. The number of piperazine rings is 1. The number of anilines is 1. The van der Waals surface area contributed by atoms with E-state index < -0.39 is 10.7 Å². The van der Waals surface area contributed by atoms with Gasteiger partial charge in [0.25, 0.3) is 5.69 Å². The third kappa shape index (κ3) is 3.03. The number of carbonyl (C=O) groups excluding carboxylic acids is 1. The second-order valence-electron chi connectivity index (χ2n) is 5.58. The molecule has 1 atom stereocenters. The number of halogens is 1. The standard InChI is InChI=1S/C15H20FN3O3/c1-4-15(20)18-6-5-17(9-11(18)3)14-7-10(2)13(19(21)22)8-12(14)16/h7-8,11H,4-6,9H2,1-3H3/t11-/m1/s1. The van der Waals surface area contributed by atoms with Crippen molar-refractivity contribution >= 4 is 17.3 Å². The summed E-state index contributed by atoms with van der Waals surface area (Å²) in [6, 6.07) is 2.47. The molecule has 1 heterocycles. The molecular formula is C15H20FN3O3. The SMILES string of the molecule is CCC(=O)N1CCN(c2cc(C)c([N+](=O)[O-])cc2F)C[C@H]1C. The molecule has 120 valence electrons. The highest BCUT2D eigenvalue weighted by atomic mass is 19.1. The maximum atomic E-state index is 14.2. The molecule has 0 aliphatic carbocycles. The number of hydrogen-bond donors (Lipinski definition) is 0. The quantitative estimate of drug-likeness (QED) is 0.635. The number of benzene rings is 1. The zero-order valence-electron chi connectivity index (χ0n) is 13.0. The fraction of sp³-hybridized carbons (Fsp3) is 0.533. The summed E-state index contributed by atoms with van der Waals surface area (Å²) in [6.07, 6.45) is 0.454. The number of nitro benzene ring substituents is 1. The Hall–Kier alpha value is -2.18. The van der Waals surface area contributed by atoms with Crippen molar-refractivity contribution in [3.05, 3.63) is 33.6 Å². The van der Waals surface area contributed by atoms with Gasteiger partial charge >= 0.3 is 0 Å². The number of carbonyl (C=O) groups is 1. The summed E-state index contributed by atoms with van der Waals surface area (Å²) in [4.78, 5) is 25.7. The van der Waals surface area contributed by atoms with Crippen molar-refractivity contribution in [2.24, 2.45) is 0 Å². The molecule has 1 fully saturated rings. The van der Waals surface area contributed by atoms with Gasteiger partial charge in [0, 0.05) is 37.7 Å². The first-order chi connectivity index (χ1) is 10.3. The molecule has 1 aromatic rings. The van der Waals surface area contributed by atoms with E-state index in [-0.39, 0.29) is 17.6 Å². The van der Waals surface area contributed by atoms with Gasteiger partial charge in [0.2, 0.25) is 5.91 Å². The van der Waals surface area contributed by atoms with Gasteiger partial charge in [-0.3, -0.25) is 14.9 Å². The second kappa shape index (κ2) is 6.29. The highest BCUT2D eigenvalue weighted by molar-refractivity contribution is 5.76. The molecular weight excluding hydrogens is 289 g/mol. The van der Waals surface area contributed by atoms with E-state index in [0.717, 1.165) is 6.07 Å². The molecule has 1 aliphatic heterocycles. The van der Waals surface area contributed by atoms with Gasteiger partial charge in [0.05, 0.1) is 16.7 Å². The van der Waals surface area contributed by atoms with Gasteiger partial charge in [-0.1, -0.05) is 6.92 Å². The van der Waals surface area contributed by atoms with Crippen molar-refractivity contribution in [3.8, 4) is 0 Å². The van der Waals surface area contributed by atoms with E-state index in [1.807, 2.05) is 18.7 Å². The van der Waals surface area contributed by atoms with E-state index in [9.17, 15) is 19.3 Å². The van der Waals surface area contributed by atoms with E-state index >= 15 is 0 Å². The zero-order chi connectivity index (χ0) is 16.4. The van der Waals surface area contributed by atoms with Gasteiger partial charge in [0.15, 0.2) is 5.82 Å². The summed E-state index contributed by atoms with van der Waals surface area (Å²) >= 11 is 0. The molecule has 0 aromatic heterocycles. The van der Waals surface area contributed by atoms with Crippen molar-refractivity contribution in [2.45, 2.75) is 33.2 Å². The Morgan fingerprint density at radius 3 is 2.68 bits per heavy atom. The molecule has 1 saturated heterocycles. The average molecular weight is 309 g/mol. The van der Waals surface area contributed by atoms with E-state index in [0.29, 0.717) is 37.3 Å². The monoisotopic (exact) mass is 309 g/mol. The summed E-state index contributed by atoms with van der Waals surface area (Å²) in [7, 11) is 0. The van der Waals surface area contributed by atoms with E-state index in [2.05, 4.69) is 0 Å². The van der Waals surface area contributed by atoms with Crippen LogP contribution in [0.3, 0.4) is 0 Å². The van der Waals surface area contributed by atoms with Gasteiger partial charge in [-0.2, -0.15) is 0 Å². The molecule has 2 rings (SSSR count). The van der Waals surface area contributed by atoms with Crippen molar-refractivity contribution in [2.75, 3.05) is 24.5 Å². The van der Waals surface area contributed by atoms with Crippen LogP contribution in [0.15, 0.2) is 12.1 Å². The molecule has 1 aliphatic rings. The molecule has 0 unspecified atom stereocenters.